The van der Waals surface area contributed by atoms with Gasteiger partial charge in [-0.15, -0.1) is 10.2 Å². The molecule has 0 fully saturated rings. The van der Waals surface area contributed by atoms with E-state index in [1.54, 1.807) is 22.7 Å². The molecule has 0 aromatic carbocycles. The summed E-state index contributed by atoms with van der Waals surface area (Å²) in [5.74, 6) is 0. The summed E-state index contributed by atoms with van der Waals surface area (Å²) in [4.78, 5) is 0. The standard InChI is InChI=1S/C10H13N3S2/c1-11-5-2-3-9-12-13-10(15-9)8-4-6-14-7-8/h4,6-7,11H,2-3,5H2,1H3. The highest BCUT2D eigenvalue weighted by Gasteiger charge is 2.06. The average Bonchev–Trinajstić information content (AvgIpc) is 2.87. The zero-order valence-corrected chi connectivity index (χ0v) is 10.2. The van der Waals surface area contributed by atoms with Crippen LogP contribution in [-0.2, 0) is 6.42 Å². The van der Waals surface area contributed by atoms with Crippen molar-refractivity contribution < 1.29 is 0 Å². The smallest absolute Gasteiger partial charge is 0.148 e. The van der Waals surface area contributed by atoms with Crippen LogP contribution in [0.4, 0.5) is 0 Å². The van der Waals surface area contributed by atoms with Crippen LogP contribution >= 0.6 is 22.7 Å². The first-order valence-electron chi connectivity index (χ1n) is 4.89. The summed E-state index contributed by atoms with van der Waals surface area (Å²) >= 11 is 3.39. The Labute approximate surface area is 97.2 Å². The Hall–Kier alpha value is -0.780. The van der Waals surface area contributed by atoms with Crippen LogP contribution in [0, 0.1) is 0 Å². The molecule has 0 unspecified atom stereocenters. The second kappa shape index (κ2) is 5.34. The first kappa shape index (κ1) is 10.7. The summed E-state index contributed by atoms with van der Waals surface area (Å²) in [5, 5.41) is 17.9. The topological polar surface area (TPSA) is 37.8 Å². The third kappa shape index (κ3) is 2.84. The first-order valence-corrected chi connectivity index (χ1v) is 6.65. The van der Waals surface area contributed by atoms with Crippen molar-refractivity contribution in [2.75, 3.05) is 13.6 Å². The molecule has 0 amide bonds. The maximum absolute atomic E-state index is 4.19. The van der Waals surface area contributed by atoms with E-state index in [0.29, 0.717) is 0 Å². The van der Waals surface area contributed by atoms with Gasteiger partial charge in [0, 0.05) is 17.4 Å². The number of nitrogens with zero attached hydrogens (tertiary/aromatic N) is 2. The van der Waals surface area contributed by atoms with Gasteiger partial charge in [0.15, 0.2) is 0 Å². The molecule has 2 aromatic rings. The Morgan fingerprint density at radius 1 is 1.40 bits per heavy atom. The van der Waals surface area contributed by atoms with Crippen LogP contribution in [0.15, 0.2) is 16.8 Å². The van der Waals surface area contributed by atoms with Crippen LogP contribution in [-0.4, -0.2) is 23.8 Å². The van der Waals surface area contributed by atoms with Crippen molar-refractivity contribution in [3.05, 3.63) is 21.8 Å². The van der Waals surface area contributed by atoms with Crippen molar-refractivity contribution in [2.45, 2.75) is 12.8 Å². The minimum absolute atomic E-state index is 1.02. The van der Waals surface area contributed by atoms with E-state index in [0.717, 1.165) is 29.4 Å². The van der Waals surface area contributed by atoms with E-state index in [9.17, 15) is 0 Å². The lowest BCUT2D eigenvalue weighted by Gasteiger charge is -1.94. The third-order valence-corrected chi connectivity index (χ3v) is 3.77. The molecule has 80 valence electrons. The fourth-order valence-electron chi connectivity index (χ4n) is 1.27. The monoisotopic (exact) mass is 239 g/mol. The van der Waals surface area contributed by atoms with Gasteiger partial charge in [-0.1, -0.05) is 11.3 Å². The molecule has 2 rings (SSSR count). The Morgan fingerprint density at radius 2 is 2.33 bits per heavy atom. The second-order valence-electron chi connectivity index (χ2n) is 3.22. The number of thiophene rings is 1. The summed E-state index contributed by atoms with van der Waals surface area (Å²) in [6, 6.07) is 2.09. The lowest BCUT2D eigenvalue weighted by molar-refractivity contribution is 0.718. The number of aryl methyl sites for hydroxylation is 1. The van der Waals surface area contributed by atoms with Gasteiger partial charge in [0.2, 0.25) is 0 Å². The predicted octanol–water partition coefficient (Wildman–Crippen LogP) is 2.42. The number of hydrogen-bond donors (Lipinski definition) is 1. The minimum Gasteiger partial charge on any atom is -0.320 e. The summed E-state index contributed by atoms with van der Waals surface area (Å²) in [6.07, 6.45) is 2.14. The number of hydrogen-bond acceptors (Lipinski definition) is 5. The van der Waals surface area contributed by atoms with E-state index in [-0.39, 0.29) is 0 Å². The highest BCUT2D eigenvalue weighted by atomic mass is 32.1. The van der Waals surface area contributed by atoms with Crippen LogP contribution in [0.2, 0.25) is 0 Å². The van der Waals surface area contributed by atoms with E-state index in [4.69, 9.17) is 0 Å². The van der Waals surface area contributed by atoms with Crippen LogP contribution in [0.5, 0.6) is 0 Å². The highest BCUT2D eigenvalue weighted by molar-refractivity contribution is 7.15. The zero-order valence-electron chi connectivity index (χ0n) is 8.56. The molecule has 15 heavy (non-hydrogen) atoms. The SMILES string of the molecule is CNCCCc1nnc(-c2ccsc2)s1. The van der Waals surface area contributed by atoms with E-state index in [1.807, 2.05) is 7.05 Å². The molecule has 0 saturated carbocycles. The van der Waals surface area contributed by atoms with Gasteiger partial charge < -0.3 is 5.32 Å². The van der Waals surface area contributed by atoms with Gasteiger partial charge in [-0.25, -0.2) is 0 Å². The van der Waals surface area contributed by atoms with E-state index in [2.05, 4.69) is 32.3 Å². The van der Waals surface area contributed by atoms with Gasteiger partial charge in [-0.05, 0) is 31.5 Å². The molecule has 1 N–H and O–H groups in total. The molecule has 0 radical (unpaired) electrons. The Bertz CT molecular complexity index is 394. The molecule has 3 nitrogen and oxygen atoms in total. The molecule has 2 aromatic heterocycles. The molecule has 2 heterocycles. The van der Waals surface area contributed by atoms with E-state index in [1.165, 1.54) is 5.56 Å². The van der Waals surface area contributed by atoms with Gasteiger partial charge in [-0.3, -0.25) is 0 Å². The maximum Gasteiger partial charge on any atom is 0.148 e. The summed E-state index contributed by atoms with van der Waals surface area (Å²) in [7, 11) is 1.97. The predicted molar refractivity (Wildman–Crippen MR) is 65.5 cm³/mol. The molecule has 0 bridgehead atoms. The fraction of sp³-hybridized carbons (Fsp3) is 0.400. The second-order valence-corrected chi connectivity index (χ2v) is 5.06. The quantitative estimate of drug-likeness (QED) is 0.814. The number of nitrogens with one attached hydrogen (secondary N) is 1. The maximum atomic E-state index is 4.19. The van der Waals surface area contributed by atoms with Crippen molar-refractivity contribution in [1.29, 1.82) is 0 Å². The van der Waals surface area contributed by atoms with Crippen LogP contribution in [0.25, 0.3) is 10.6 Å². The zero-order chi connectivity index (χ0) is 10.5. The average molecular weight is 239 g/mol. The van der Waals surface area contributed by atoms with Gasteiger partial charge in [0.05, 0.1) is 0 Å². The van der Waals surface area contributed by atoms with E-state index >= 15 is 0 Å². The third-order valence-electron chi connectivity index (χ3n) is 2.05. The molecule has 0 spiro atoms. The van der Waals surface area contributed by atoms with Gasteiger partial charge >= 0.3 is 0 Å². The lowest BCUT2D eigenvalue weighted by atomic mass is 10.3. The van der Waals surface area contributed by atoms with Gasteiger partial charge in [0.25, 0.3) is 0 Å². The minimum atomic E-state index is 1.02. The Kier molecular flexibility index (Phi) is 3.82. The largest absolute Gasteiger partial charge is 0.320 e. The fourth-order valence-corrected chi connectivity index (χ4v) is 2.87. The van der Waals surface area contributed by atoms with Gasteiger partial charge in [-0.2, -0.15) is 11.3 Å². The van der Waals surface area contributed by atoms with Crippen LogP contribution < -0.4 is 5.32 Å². The summed E-state index contributed by atoms with van der Waals surface area (Å²) in [6.45, 7) is 1.04. The summed E-state index contributed by atoms with van der Waals surface area (Å²) in [5.41, 5.74) is 1.19. The lowest BCUT2D eigenvalue weighted by Crippen LogP contribution is -2.08. The van der Waals surface area contributed by atoms with Crippen molar-refractivity contribution in [1.82, 2.24) is 15.5 Å². The first-order chi connectivity index (χ1) is 7.40. The van der Waals surface area contributed by atoms with Crippen molar-refractivity contribution in [3.8, 4) is 10.6 Å². The van der Waals surface area contributed by atoms with Gasteiger partial charge in [0.1, 0.15) is 10.0 Å². The van der Waals surface area contributed by atoms with Crippen molar-refractivity contribution in [3.63, 3.8) is 0 Å². The van der Waals surface area contributed by atoms with Crippen molar-refractivity contribution in [2.24, 2.45) is 0 Å². The number of aromatic nitrogens is 2. The molecule has 0 saturated heterocycles. The van der Waals surface area contributed by atoms with Crippen molar-refractivity contribution >= 4 is 22.7 Å². The normalized spacial score (nSPS) is 10.7. The summed E-state index contributed by atoms with van der Waals surface area (Å²) < 4.78 is 0. The molecule has 0 aliphatic heterocycles. The number of rotatable bonds is 5. The molecule has 5 heteroatoms. The Morgan fingerprint density at radius 3 is 3.07 bits per heavy atom. The van der Waals surface area contributed by atoms with E-state index < -0.39 is 0 Å². The van der Waals surface area contributed by atoms with Crippen LogP contribution in [0.1, 0.15) is 11.4 Å². The molecular weight excluding hydrogens is 226 g/mol. The molecule has 0 aliphatic rings. The molecular formula is C10H13N3S2. The Balaban J connectivity index is 1.98. The molecule has 0 aliphatic carbocycles. The molecule has 0 atom stereocenters. The van der Waals surface area contributed by atoms with Crippen LogP contribution in [0.3, 0.4) is 0 Å². The highest BCUT2D eigenvalue weighted by Crippen LogP contribution is 2.25.